The van der Waals surface area contributed by atoms with Crippen molar-refractivity contribution in [2.24, 2.45) is 0 Å². The van der Waals surface area contributed by atoms with Crippen LogP contribution in [-0.2, 0) is 27.5 Å². The van der Waals surface area contributed by atoms with Gasteiger partial charge in [-0.15, -0.1) is 0 Å². The molecule has 0 radical (unpaired) electrons. The predicted molar refractivity (Wildman–Crippen MR) is 114 cm³/mol. The third-order valence-electron chi connectivity index (χ3n) is 4.32. The lowest BCUT2D eigenvalue weighted by atomic mass is 10.2. The molecule has 0 aliphatic carbocycles. The number of benzene rings is 2. The molecule has 0 aliphatic heterocycles. The van der Waals surface area contributed by atoms with Crippen LogP contribution in [0.4, 0.5) is 18.9 Å². The van der Waals surface area contributed by atoms with Gasteiger partial charge in [0.05, 0.1) is 24.9 Å². The first-order chi connectivity index (χ1) is 15.1. The Bertz CT molecular complexity index is 1160. The minimum Gasteiger partial charge on any atom is -0.468 e. The van der Waals surface area contributed by atoms with E-state index in [4.69, 9.17) is 4.42 Å². The molecule has 0 saturated heterocycles. The Balaban J connectivity index is 1.75. The van der Waals surface area contributed by atoms with E-state index in [9.17, 15) is 26.4 Å². The lowest BCUT2D eigenvalue weighted by molar-refractivity contribution is -0.137. The molecular formula is C22H19F3N2O4S. The summed E-state index contributed by atoms with van der Waals surface area (Å²) in [5.74, 6) is -0.392. The van der Waals surface area contributed by atoms with Crippen LogP contribution in [0.15, 0.2) is 82.8 Å². The van der Waals surface area contributed by atoms with Crippen molar-refractivity contribution in [2.75, 3.05) is 11.9 Å². The fourth-order valence-electron chi connectivity index (χ4n) is 2.73. The van der Waals surface area contributed by atoms with Crippen molar-refractivity contribution in [1.29, 1.82) is 0 Å². The Labute approximate surface area is 183 Å². The van der Waals surface area contributed by atoms with Crippen LogP contribution < -0.4 is 5.32 Å². The van der Waals surface area contributed by atoms with E-state index in [0.717, 1.165) is 34.0 Å². The van der Waals surface area contributed by atoms with E-state index in [-0.39, 0.29) is 12.2 Å². The van der Waals surface area contributed by atoms with Gasteiger partial charge in [0.25, 0.3) is 0 Å². The van der Waals surface area contributed by atoms with Gasteiger partial charge in [0.15, 0.2) is 0 Å². The van der Waals surface area contributed by atoms with Gasteiger partial charge in [-0.25, -0.2) is 8.42 Å². The standard InChI is InChI=1S/C22H19F3N2O4S/c23-22(24,25)18-8-10-19(11-9-18)26-21(28)16-27(15-20-7-4-13-31-20)32(29,30)14-12-17-5-2-1-3-6-17/h1-14H,15-16H2,(H,26,28)/b14-12+. The van der Waals surface area contributed by atoms with Crippen LogP contribution in [0.2, 0.25) is 0 Å². The van der Waals surface area contributed by atoms with Crippen LogP contribution >= 0.6 is 0 Å². The van der Waals surface area contributed by atoms with Gasteiger partial charge in [0.2, 0.25) is 15.9 Å². The van der Waals surface area contributed by atoms with E-state index < -0.39 is 34.2 Å². The highest BCUT2D eigenvalue weighted by Crippen LogP contribution is 2.29. The summed E-state index contributed by atoms with van der Waals surface area (Å²) in [6.07, 6.45) is -1.72. The summed E-state index contributed by atoms with van der Waals surface area (Å²) >= 11 is 0. The SMILES string of the molecule is O=C(CN(Cc1ccco1)S(=O)(=O)/C=C/c1ccccc1)Nc1ccc(C(F)(F)F)cc1. The molecule has 0 atom stereocenters. The first-order valence-corrected chi connectivity index (χ1v) is 10.9. The van der Waals surface area contributed by atoms with E-state index in [1.165, 1.54) is 12.3 Å². The second kappa shape index (κ2) is 9.84. The third kappa shape index (κ3) is 6.56. The van der Waals surface area contributed by atoms with Crippen molar-refractivity contribution in [1.82, 2.24) is 4.31 Å². The molecule has 3 aromatic rings. The maximum atomic E-state index is 12.9. The van der Waals surface area contributed by atoms with Gasteiger partial charge >= 0.3 is 6.18 Å². The molecule has 0 spiro atoms. The molecule has 3 rings (SSSR count). The number of carbonyl (C=O) groups is 1. The fourth-order valence-corrected chi connectivity index (χ4v) is 3.84. The molecule has 2 aromatic carbocycles. The third-order valence-corrected chi connectivity index (χ3v) is 5.78. The van der Waals surface area contributed by atoms with Crippen molar-refractivity contribution in [2.45, 2.75) is 12.7 Å². The zero-order valence-electron chi connectivity index (χ0n) is 16.6. The van der Waals surface area contributed by atoms with Gasteiger partial charge in [-0.1, -0.05) is 30.3 Å². The fraction of sp³-hybridized carbons (Fsp3) is 0.136. The Kier molecular flexibility index (Phi) is 7.16. The van der Waals surface area contributed by atoms with Gasteiger partial charge in [0.1, 0.15) is 5.76 Å². The summed E-state index contributed by atoms with van der Waals surface area (Å²) in [6, 6.07) is 15.8. The van der Waals surface area contributed by atoms with Gasteiger partial charge in [-0.05, 0) is 48.0 Å². The zero-order valence-corrected chi connectivity index (χ0v) is 17.4. The number of sulfonamides is 1. The van der Waals surface area contributed by atoms with Crippen molar-refractivity contribution >= 4 is 27.7 Å². The van der Waals surface area contributed by atoms with Gasteiger partial charge in [0, 0.05) is 11.1 Å². The molecule has 0 unspecified atom stereocenters. The summed E-state index contributed by atoms with van der Waals surface area (Å²) in [5, 5.41) is 3.39. The monoisotopic (exact) mass is 464 g/mol. The number of amides is 1. The van der Waals surface area contributed by atoms with Crippen molar-refractivity contribution < 1.29 is 30.8 Å². The van der Waals surface area contributed by atoms with Crippen LogP contribution in [0, 0.1) is 0 Å². The molecule has 10 heteroatoms. The predicted octanol–water partition coefficient (Wildman–Crippen LogP) is 4.74. The number of halogens is 3. The summed E-state index contributed by atoms with van der Waals surface area (Å²) < 4.78 is 69.9. The molecule has 1 heterocycles. The Morgan fingerprint density at radius 2 is 1.69 bits per heavy atom. The summed E-state index contributed by atoms with van der Waals surface area (Å²) in [5.41, 5.74) is -0.0926. The van der Waals surface area contributed by atoms with Gasteiger partial charge in [-0.3, -0.25) is 4.79 Å². The van der Waals surface area contributed by atoms with Crippen LogP contribution in [0.3, 0.4) is 0 Å². The van der Waals surface area contributed by atoms with Crippen molar-refractivity contribution in [3.63, 3.8) is 0 Å². The highest BCUT2D eigenvalue weighted by Gasteiger charge is 2.30. The summed E-state index contributed by atoms with van der Waals surface area (Å²) in [7, 11) is -4.03. The number of furan rings is 1. The Hall–Kier alpha value is -3.37. The first kappa shape index (κ1) is 23.3. The van der Waals surface area contributed by atoms with E-state index in [0.29, 0.717) is 11.3 Å². The molecule has 0 bridgehead atoms. The molecule has 1 N–H and O–H groups in total. The lowest BCUT2D eigenvalue weighted by Crippen LogP contribution is -2.36. The number of rotatable bonds is 8. The smallest absolute Gasteiger partial charge is 0.416 e. The molecule has 0 saturated carbocycles. The Morgan fingerprint density at radius 3 is 2.28 bits per heavy atom. The van der Waals surface area contributed by atoms with E-state index in [1.54, 1.807) is 42.5 Å². The van der Waals surface area contributed by atoms with Crippen LogP contribution in [0.1, 0.15) is 16.9 Å². The number of hydrogen-bond acceptors (Lipinski definition) is 4. The number of nitrogens with zero attached hydrogens (tertiary/aromatic N) is 1. The minimum absolute atomic E-state index is 0.109. The van der Waals surface area contributed by atoms with Crippen LogP contribution in [-0.4, -0.2) is 25.2 Å². The second-order valence-corrected chi connectivity index (χ2v) is 8.55. The van der Waals surface area contributed by atoms with Crippen molar-refractivity contribution in [3.05, 3.63) is 95.3 Å². The minimum atomic E-state index is -4.50. The van der Waals surface area contributed by atoms with Gasteiger partial charge in [-0.2, -0.15) is 17.5 Å². The molecule has 168 valence electrons. The average molecular weight is 464 g/mol. The molecule has 32 heavy (non-hydrogen) atoms. The molecule has 6 nitrogen and oxygen atoms in total. The molecule has 0 aliphatic rings. The highest BCUT2D eigenvalue weighted by molar-refractivity contribution is 7.92. The first-order valence-electron chi connectivity index (χ1n) is 9.36. The van der Waals surface area contributed by atoms with E-state index in [2.05, 4.69) is 5.32 Å². The quantitative estimate of drug-likeness (QED) is 0.522. The normalized spacial score (nSPS) is 12.4. The van der Waals surface area contributed by atoms with Crippen molar-refractivity contribution in [3.8, 4) is 0 Å². The maximum Gasteiger partial charge on any atom is 0.416 e. The van der Waals surface area contributed by atoms with E-state index >= 15 is 0 Å². The number of carbonyl (C=O) groups excluding carboxylic acids is 1. The lowest BCUT2D eigenvalue weighted by Gasteiger charge is -2.19. The highest BCUT2D eigenvalue weighted by atomic mass is 32.2. The largest absolute Gasteiger partial charge is 0.468 e. The maximum absolute atomic E-state index is 12.9. The summed E-state index contributed by atoms with van der Waals surface area (Å²) in [6.45, 7) is -0.766. The van der Waals surface area contributed by atoms with Crippen LogP contribution in [0.25, 0.3) is 6.08 Å². The Morgan fingerprint density at radius 1 is 1.00 bits per heavy atom. The van der Waals surface area contributed by atoms with Crippen LogP contribution in [0.5, 0.6) is 0 Å². The molecular weight excluding hydrogens is 445 g/mol. The van der Waals surface area contributed by atoms with Gasteiger partial charge < -0.3 is 9.73 Å². The molecule has 1 aromatic heterocycles. The average Bonchev–Trinajstić information content (AvgIpc) is 3.26. The second-order valence-electron chi connectivity index (χ2n) is 6.73. The topological polar surface area (TPSA) is 79.6 Å². The number of nitrogens with one attached hydrogen (secondary N) is 1. The number of hydrogen-bond donors (Lipinski definition) is 1. The number of anilines is 1. The summed E-state index contributed by atoms with van der Waals surface area (Å²) in [4.78, 5) is 12.5. The number of alkyl halides is 3. The zero-order chi connectivity index (χ0) is 23.2. The van der Waals surface area contributed by atoms with E-state index in [1.807, 2.05) is 0 Å². The molecule has 1 amide bonds. The molecule has 0 fully saturated rings.